The van der Waals surface area contributed by atoms with E-state index in [0.717, 1.165) is 12.0 Å². The van der Waals surface area contributed by atoms with E-state index in [1.54, 1.807) is 0 Å². The lowest BCUT2D eigenvalue weighted by Crippen LogP contribution is -2.54. The van der Waals surface area contributed by atoms with Crippen molar-refractivity contribution in [3.63, 3.8) is 0 Å². The number of imide groups is 1. The van der Waals surface area contributed by atoms with Gasteiger partial charge >= 0.3 is 5.97 Å². The third-order valence-corrected chi connectivity index (χ3v) is 2.95. The number of hydrogen-bond acceptors (Lipinski definition) is 5. The van der Waals surface area contributed by atoms with Crippen molar-refractivity contribution in [2.75, 3.05) is 13.7 Å². The number of ether oxygens (including phenoxy) is 1. The molecule has 6 nitrogen and oxygen atoms in total. The summed E-state index contributed by atoms with van der Waals surface area (Å²) in [6.45, 7) is 4.52. The van der Waals surface area contributed by atoms with Crippen molar-refractivity contribution in [2.24, 2.45) is 5.41 Å². The number of nitrogens with zero attached hydrogens (tertiary/aromatic N) is 1. The van der Waals surface area contributed by atoms with Gasteiger partial charge < -0.3 is 9.84 Å². The molecule has 0 aromatic heterocycles. The second kappa shape index (κ2) is 4.68. The third kappa shape index (κ3) is 3.07. The topological polar surface area (TPSA) is 83.9 Å². The normalized spacial score (nSPS) is 22.6. The summed E-state index contributed by atoms with van der Waals surface area (Å²) >= 11 is 0. The van der Waals surface area contributed by atoms with Crippen LogP contribution in [0.25, 0.3) is 0 Å². The first-order chi connectivity index (χ1) is 8.09. The molecule has 1 heterocycles. The van der Waals surface area contributed by atoms with Crippen LogP contribution >= 0.6 is 0 Å². The van der Waals surface area contributed by atoms with Crippen molar-refractivity contribution in [1.82, 2.24) is 4.90 Å². The highest BCUT2D eigenvalue weighted by atomic mass is 16.5. The summed E-state index contributed by atoms with van der Waals surface area (Å²) in [7, 11) is 1.14. The van der Waals surface area contributed by atoms with Crippen LogP contribution in [0.5, 0.6) is 0 Å². The van der Waals surface area contributed by atoms with Crippen LogP contribution in [0.1, 0.15) is 33.6 Å². The Morgan fingerprint density at radius 2 is 1.83 bits per heavy atom. The quantitative estimate of drug-likeness (QED) is 0.572. The van der Waals surface area contributed by atoms with Crippen molar-refractivity contribution in [2.45, 2.75) is 39.2 Å². The third-order valence-electron chi connectivity index (χ3n) is 2.95. The molecule has 1 saturated heterocycles. The minimum atomic E-state index is -1.87. The van der Waals surface area contributed by atoms with E-state index in [0.29, 0.717) is 0 Å². The average Bonchev–Trinajstić information content (AvgIpc) is 2.21. The molecule has 1 rings (SSSR count). The van der Waals surface area contributed by atoms with E-state index in [-0.39, 0.29) is 36.6 Å². The number of rotatable bonds is 3. The first kappa shape index (κ1) is 14.6. The molecule has 1 aliphatic rings. The molecule has 1 aliphatic heterocycles. The van der Waals surface area contributed by atoms with Gasteiger partial charge in [-0.25, -0.2) is 4.79 Å². The first-order valence-corrected chi connectivity index (χ1v) is 5.73. The molecule has 1 fully saturated rings. The van der Waals surface area contributed by atoms with Gasteiger partial charge in [-0.05, 0) is 12.3 Å². The van der Waals surface area contributed by atoms with Crippen molar-refractivity contribution < 1.29 is 24.2 Å². The number of esters is 1. The highest BCUT2D eigenvalue weighted by Crippen LogP contribution is 2.32. The fraction of sp³-hybridized carbons (Fsp3) is 0.750. The Morgan fingerprint density at radius 1 is 1.39 bits per heavy atom. The molecule has 0 radical (unpaired) electrons. The number of β-amino-alcohol motifs (C(OH)–C–C–N with tert-alkyl or cyclic N) is 1. The highest BCUT2D eigenvalue weighted by molar-refractivity contribution is 5.99. The Bertz CT molecular complexity index is 366. The zero-order valence-corrected chi connectivity index (χ0v) is 11.1. The number of carbonyl (C=O) groups is 3. The molecule has 6 heteroatoms. The maximum absolute atomic E-state index is 11.9. The number of carbonyl (C=O) groups excluding carboxylic acids is 3. The molecule has 102 valence electrons. The standard InChI is InChI=1S/C12H19NO5/c1-11(2)5-8(14)13(9(15)6-11)7-12(3,17)10(16)18-4/h17H,5-7H2,1-4H3. The number of methoxy groups -OCH3 is 1. The lowest BCUT2D eigenvalue weighted by atomic mass is 9.81. The van der Waals surface area contributed by atoms with Gasteiger partial charge in [-0.2, -0.15) is 0 Å². The smallest absolute Gasteiger partial charge is 0.339 e. The van der Waals surface area contributed by atoms with Gasteiger partial charge in [0.2, 0.25) is 11.8 Å². The largest absolute Gasteiger partial charge is 0.467 e. The molecule has 0 aliphatic carbocycles. The monoisotopic (exact) mass is 257 g/mol. The molecule has 0 spiro atoms. The van der Waals surface area contributed by atoms with Gasteiger partial charge in [-0.1, -0.05) is 13.8 Å². The van der Waals surface area contributed by atoms with E-state index in [1.807, 2.05) is 13.8 Å². The van der Waals surface area contributed by atoms with E-state index in [4.69, 9.17) is 0 Å². The van der Waals surface area contributed by atoms with Gasteiger partial charge in [0.1, 0.15) is 0 Å². The van der Waals surface area contributed by atoms with Gasteiger partial charge in [0.15, 0.2) is 5.60 Å². The molecule has 0 aromatic carbocycles. The van der Waals surface area contributed by atoms with E-state index in [9.17, 15) is 19.5 Å². The summed E-state index contributed by atoms with van der Waals surface area (Å²) in [6, 6.07) is 0. The first-order valence-electron chi connectivity index (χ1n) is 5.73. The number of amides is 2. The molecule has 1 unspecified atom stereocenters. The summed E-state index contributed by atoms with van der Waals surface area (Å²) in [6.07, 6.45) is 0.436. The Hall–Kier alpha value is -1.43. The van der Waals surface area contributed by atoms with Gasteiger partial charge in [0, 0.05) is 12.8 Å². The van der Waals surface area contributed by atoms with Crippen molar-refractivity contribution in [1.29, 1.82) is 0 Å². The Balaban J connectivity index is 2.83. The van der Waals surface area contributed by atoms with Crippen molar-refractivity contribution in [3.8, 4) is 0 Å². The van der Waals surface area contributed by atoms with Crippen LogP contribution in [-0.2, 0) is 19.1 Å². The lowest BCUT2D eigenvalue weighted by Gasteiger charge is -2.37. The van der Waals surface area contributed by atoms with Gasteiger partial charge in [0.05, 0.1) is 13.7 Å². The van der Waals surface area contributed by atoms with Crippen LogP contribution in [0.3, 0.4) is 0 Å². The minimum Gasteiger partial charge on any atom is -0.467 e. The fourth-order valence-electron chi connectivity index (χ4n) is 1.98. The zero-order valence-electron chi connectivity index (χ0n) is 11.1. The summed E-state index contributed by atoms with van der Waals surface area (Å²) < 4.78 is 4.43. The van der Waals surface area contributed by atoms with E-state index in [1.165, 1.54) is 6.92 Å². The second-order valence-corrected chi connectivity index (χ2v) is 5.66. The van der Waals surface area contributed by atoms with Crippen molar-refractivity contribution in [3.05, 3.63) is 0 Å². The molecule has 0 saturated carbocycles. The van der Waals surface area contributed by atoms with Gasteiger partial charge in [-0.15, -0.1) is 0 Å². The van der Waals surface area contributed by atoms with E-state index >= 15 is 0 Å². The summed E-state index contributed by atoms with van der Waals surface area (Å²) in [5, 5.41) is 9.88. The van der Waals surface area contributed by atoms with Crippen LogP contribution in [0.15, 0.2) is 0 Å². The summed E-state index contributed by atoms with van der Waals surface area (Å²) in [5.74, 6) is -1.62. The molecule has 1 N–H and O–H groups in total. The predicted molar refractivity (Wildman–Crippen MR) is 62.4 cm³/mol. The number of aliphatic hydroxyl groups is 1. The number of piperidine rings is 1. The van der Waals surface area contributed by atoms with Crippen LogP contribution < -0.4 is 0 Å². The maximum Gasteiger partial charge on any atom is 0.339 e. The Labute approximate surface area is 106 Å². The molecular weight excluding hydrogens is 238 g/mol. The lowest BCUT2D eigenvalue weighted by molar-refractivity contribution is -0.168. The molecule has 1 atom stereocenters. The fourth-order valence-corrected chi connectivity index (χ4v) is 1.98. The second-order valence-electron chi connectivity index (χ2n) is 5.66. The SMILES string of the molecule is COC(=O)C(C)(O)CN1C(=O)CC(C)(C)CC1=O. The van der Waals surface area contributed by atoms with Gasteiger partial charge in [-0.3, -0.25) is 14.5 Å². The minimum absolute atomic E-state index is 0.218. The Morgan fingerprint density at radius 3 is 2.22 bits per heavy atom. The molecule has 0 aromatic rings. The van der Waals surface area contributed by atoms with E-state index in [2.05, 4.69) is 4.74 Å². The van der Waals surface area contributed by atoms with Crippen LogP contribution in [0, 0.1) is 5.41 Å². The highest BCUT2D eigenvalue weighted by Gasteiger charge is 2.42. The summed E-state index contributed by atoms with van der Waals surface area (Å²) in [5.41, 5.74) is -2.25. The summed E-state index contributed by atoms with van der Waals surface area (Å²) in [4.78, 5) is 36.0. The van der Waals surface area contributed by atoms with Crippen LogP contribution in [0.2, 0.25) is 0 Å². The number of hydrogen-bond donors (Lipinski definition) is 1. The van der Waals surface area contributed by atoms with Crippen LogP contribution in [-0.4, -0.2) is 47.0 Å². The zero-order chi connectivity index (χ0) is 14.1. The molecule has 18 heavy (non-hydrogen) atoms. The maximum atomic E-state index is 11.9. The molecular formula is C12H19NO5. The van der Waals surface area contributed by atoms with E-state index < -0.39 is 11.6 Å². The predicted octanol–water partition coefficient (Wildman–Crippen LogP) is 0.0856. The van der Waals surface area contributed by atoms with Crippen molar-refractivity contribution >= 4 is 17.8 Å². The Kier molecular flexibility index (Phi) is 3.81. The number of likely N-dealkylation sites (tertiary alicyclic amines) is 1. The molecule has 2 amide bonds. The van der Waals surface area contributed by atoms with Gasteiger partial charge in [0.25, 0.3) is 0 Å². The average molecular weight is 257 g/mol. The molecule has 0 bridgehead atoms. The van der Waals surface area contributed by atoms with Crippen LogP contribution in [0.4, 0.5) is 0 Å².